The summed E-state index contributed by atoms with van der Waals surface area (Å²) in [6.45, 7) is 0.733. The van der Waals surface area contributed by atoms with Crippen LogP contribution in [0.4, 0.5) is 5.69 Å². The van der Waals surface area contributed by atoms with Crippen molar-refractivity contribution in [1.29, 1.82) is 0 Å². The number of rotatable bonds is 6. The normalized spacial score (nSPS) is 16.0. The van der Waals surface area contributed by atoms with Gasteiger partial charge in [-0.05, 0) is 30.5 Å². The third kappa shape index (κ3) is 5.08. The van der Waals surface area contributed by atoms with Gasteiger partial charge in [0.25, 0.3) is 0 Å². The Morgan fingerprint density at radius 2 is 1.81 bits per heavy atom. The first-order valence-electron chi connectivity index (χ1n) is 8.94. The summed E-state index contributed by atoms with van der Waals surface area (Å²) in [6, 6.07) is 16.3. The van der Waals surface area contributed by atoms with E-state index in [1.807, 2.05) is 42.5 Å². The second kappa shape index (κ2) is 8.54. The SMILES string of the molecule is COc1cccc(NC(=O)C2CCN(S(=O)(=O)Cc3ccccc3)CC2)c1. The van der Waals surface area contributed by atoms with E-state index >= 15 is 0 Å². The number of hydrogen-bond donors (Lipinski definition) is 1. The molecule has 1 fully saturated rings. The summed E-state index contributed by atoms with van der Waals surface area (Å²) >= 11 is 0. The Balaban J connectivity index is 1.55. The van der Waals surface area contributed by atoms with Crippen molar-refractivity contribution in [1.82, 2.24) is 4.31 Å². The molecule has 6 nitrogen and oxygen atoms in total. The highest BCUT2D eigenvalue weighted by molar-refractivity contribution is 7.88. The summed E-state index contributed by atoms with van der Waals surface area (Å²) in [5.74, 6) is 0.395. The molecule has 1 N–H and O–H groups in total. The maximum absolute atomic E-state index is 12.6. The van der Waals surface area contributed by atoms with Crippen LogP contribution in [0.3, 0.4) is 0 Å². The molecule has 144 valence electrons. The predicted octanol–water partition coefficient (Wildman–Crippen LogP) is 2.88. The molecule has 1 saturated heterocycles. The van der Waals surface area contributed by atoms with Crippen LogP contribution in [0.1, 0.15) is 18.4 Å². The van der Waals surface area contributed by atoms with Crippen LogP contribution in [-0.4, -0.2) is 38.8 Å². The van der Waals surface area contributed by atoms with Gasteiger partial charge in [0.05, 0.1) is 12.9 Å². The summed E-state index contributed by atoms with van der Waals surface area (Å²) in [6.07, 6.45) is 1.04. The number of sulfonamides is 1. The van der Waals surface area contributed by atoms with Crippen molar-refractivity contribution in [3.05, 3.63) is 60.2 Å². The fraction of sp³-hybridized carbons (Fsp3) is 0.350. The average molecular weight is 388 g/mol. The lowest BCUT2D eigenvalue weighted by Crippen LogP contribution is -2.41. The zero-order valence-electron chi connectivity index (χ0n) is 15.3. The summed E-state index contributed by atoms with van der Waals surface area (Å²) in [5.41, 5.74) is 1.45. The van der Waals surface area contributed by atoms with E-state index in [2.05, 4.69) is 5.32 Å². The Morgan fingerprint density at radius 3 is 2.48 bits per heavy atom. The second-order valence-corrected chi connectivity index (χ2v) is 8.61. The Kier molecular flexibility index (Phi) is 6.13. The minimum absolute atomic E-state index is 0.00544. The molecule has 7 heteroatoms. The van der Waals surface area contributed by atoms with Gasteiger partial charge in [-0.1, -0.05) is 36.4 Å². The molecule has 27 heavy (non-hydrogen) atoms. The molecule has 0 aliphatic carbocycles. The molecule has 1 amide bonds. The van der Waals surface area contributed by atoms with Crippen LogP contribution in [-0.2, 0) is 20.6 Å². The molecule has 0 spiro atoms. The number of nitrogens with zero attached hydrogens (tertiary/aromatic N) is 1. The van der Waals surface area contributed by atoms with Crippen LogP contribution in [0, 0.1) is 5.92 Å². The van der Waals surface area contributed by atoms with Gasteiger partial charge in [0.2, 0.25) is 15.9 Å². The molecule has 0 atom stereocenters. The van der Waals surface area contributed by atoms with Gasteiger partial charge in [-0.15, -0.1) is 0 Å². The zero-order chi connectivity index (χ0) is 19.3. The number of benzene rings is 2. The molecule has 0 saturated carbocycles. The minimum atomic E-state index is -3.37. The van der Waals surface area contributed by atoms with E-state index in [0.29, 0.717) is 37.4 Å². The lowest BCUT2D eigenvalue weighted by atomic mass is 9.97. The van der Waals surface area contributed by atoms with E-state index < -0.39 is 10.0 Å². The van der Waals surface area contributed by atoms with Crippen LogP contribution < -0.4 is 10.1 Å². The Bertz CT molecular complexity index is 876. The average Bonchev–Trinajstić information content (AvgIpc) is 2.68. The number of methoxy groups -OCH3 is 1. The van der Waals surface area contributed by atoms with Gasteiger partial charge < -0.3 is 10.1 Å². The quantitative estimate of drug-likeness (QED) is 0.826. The summed E-state index contributed by atoms with van der Waals surface area (Å²) < 4.78 is 31.9. The van der Waals surface area contributed by atoms with Crippen molar-refractivity contribution in [2.75, 3.05) is 25.5 Å². The van der Waals surface area contributed by atoms with E-state index in [0.717, 1.165) is 5.56 Å². The highest BCUT2D eigenvalue weighted by atomic mass is 32.2. The number of carbonyl (C=O) groups excluding carboxylic acids is 1. The molecule has 2 aromatic carbocycles. The first-order chi connectivity index (χ1) is 13.0. The Hall–Kier alpha value is -2.38. The first kappa shape index (κ1) is 19.4. The number of ether oxygens (including phenoxy) is 1. The molecule has 0 radical (unpaired) electrons. The minimum Gasteiger partial charge on any atom is -0.497 e. The van der Waals surface area contributed by atoms with Gasteiger partial charge in [-0.3, -0.25) is 4.79 Å². The molecular formula is C20H24N2O4S. The van der Waals surface area contributed by atoms with E-state index in [9.17, 15) is 13.2 Å². The highest BCUT2D eigenvalue weighted by Crippen LogP contribution is 2.24. The molecule has 1 aliphatic rings. The van der Waals surface area contributed by atoms with Crippen molar-refractivity contribution >= 4 is 21.6 Å². The van der Waals surface area contributed by atoms with Crippen molar-refractivity contribution < 1.29 is 17.9 Å². The third-order valence-electron chi connectivity index (χ3n) is 4.75. The van der Waals surface area contributed by atoms with Crippen molar-refractivity contribution in [3.63, 3.8) is 0 Å². The van der Waals surface area contributed by atoms with E-state index in [1.165, 1.54) is 4.31 Å². The van der Waals surface area contributed by atoms with Crippen LogP contribution >= 0.6 is 0 Å². The monoisotopic (exact) mass is 388 g/mol. The van der Waals surface area contributed by atoms with Crippen LogP contribution in [0.15, 0.2) is 54.6 Å². The first-order valence-corrected chi connectivity index (χ1v) is 10.6. The van der Waals surface area contributed by atoms with Gasteiger partial charge in [-0.2, -0.15) is 0 Å². The molecule has 2 aromatic rings. The standard InChI is InChI=1S/C20H24N2O4S/c1-26-19-9-5-8-18(14-19)21-20(23)17-10-12-22(13-11-17)27(24,25)15-16-6-3-2-4-7-16/h2-9,14,17H,10-13,15H2,1H3,(H,21,23). The summed E-state index contributed by atoms with van der Waals surface area (Å²) in [4.78, 5) is 12.5. The second-order valence-electron chi connectivity index (χ2n) is 6.64. The maximum Gasteiger partial charge on any atom is 0.227 e. The largest absolute Gasteiger partial charge is 0.497 e. The molecule has 1 heterocycles. The van der Waals surface area contributed by atoms with Crippen molar-refractivity contribution in [2.24, 2.45) is 5.92 Å². The third-order valence-corrected chi connectivity index (χ3v) is 6.60. The van der Waals surface area contributed by atoms with Gasteiger partial charge in [0, 0.05) is 30.8 Å². The van der Waals surface area contributed by atoms with Crippen molar-refractivity contribution in [2.45, 2.75) is 18.6 Å². The number of amides is 1. The zero-order valence-corrected chi connectivity index (χ0v) is 16.1. The molecule has 3 rings (SSSR count). The Labute approximate surface area is 160 Å². The number of anilines is 1. The lowest BCUT2D eigenvalue weighted by molar-refractivity contribution is -0.120. The van der Waals surface area contributed by atoms with Crippen LogP contribution in [0.25, 0.3) is 0 Å². The highest BCUT2D eigenvalue weighted by Gasteiger charge is 2.31. The lowest BCUT2D eigenvalue weighted by Gasteiger charge is -2.30. The number of nitrogens with one attached hydrogen (secondary N) is 1. The Morgan fingerprint density at radius 1 is 1.11 bits per heavy atom. The smallest absolute Gasteiger partial charge is 0.227 e. The number of piperidine rings is 1. The molecule has 1 aliphatic heterocycles. The van der Waals surface area contributed by atoms with Gasteiger partial charge in [0.15, 0.2) is 0 Å². The number of hydrogen-bond acceptors (Lipinski definition) is 4. The predicted molar refractivity (Wildman–Crippen MR) is 105 cm³/mol. The van der Waals surface area contributed by atoms with E-state index in [4.69, 9.17) is 4.74 Å². The van der Waals surface area contributed by atoms with Gasteiger partial charge in [0.1, 0.15) is 5.75 Å². The van der Waals surface area contributed by atoms with Crippen molar-refractivity contribution in [3.8, 4) is 5.75 Å². The summed E-state index contributed by atoms with van der Waals surface area (Å²) in [7, 11) is -1.79. The van der Waals surface area contributed by atoms with Crippen LogP contribution in [0.5, 0.6) is 5.75 Å². The molecule has 0 aromatic heterocycles. The van der Waals surface area contributed by atoms with E-state index in [1.54, 1.807) is 19.2 Å². The van der Waals surface area contributed by atoms with Gasteiger partial charge in [-0.25, -0.2) is 12.7 Å². The fourth-order valence-corrected chi connectivity index (χ4v) is 4.78. The number of carbonyl (C=O) groups is 1. The maximum atomic E-state index is 12.6. The molecule has 0 bridgehead atoms. The van der Waals surface area contributed by atoms with Crippen LogP contribution in [0.2, 0.25) is 0 Å². The molecular weight excluding hydrogens is 364 g/mol. The van der Waals surface area contributed by atoms with Gasteiger partial charge >= 0.3 is 0 Å². The van der Waals surface area contributed by atoms with E-state index in [-0.39, 0.29) is 17.6 Å². The topological polar surface area (TPSA) is 75.7 Å². The fourth-order valence-electron chi connectivity index (χ4n) is 3.22. The molecule has 0 unspecified atom stereocenters. The summed E-state index contributed by atoms with van der Waals surface area (Å²) in [5, 5.41) is 2.89.